The van der Waals surface area contributed by atoms with Crippen LogP contribution < -0.4 is 0 Å². The predicted molar refractivity (Wildman–Crippen MR) is 80.1 cm³/mol. The number of esters is 1. The SMILES string of the molecule is CCON=C(CC)C1=C(O)CC2(CCCCCC2)OC1=O. The van der Waals surface area contributed by atoms with Crippen molar-refractivity contribution in [3.05, 3.63) is 11.3 Å². The molecule has 0 radical (unpaired) electrons. The Kier molecular flexibility index (Phi) is 5.26. The number of nitrogens with zero attached hydrogens (tertiary/aromatic N) is 1. The molecule has 1 N–H and O–H groups in total. The highest BCUT2D eigenvalue weighted by Gasteiger charge is 2.43. The second kappa shape index (κ2) is 6.96. The molecule has 1 heterocycles. The van der Waals surface area contributed by atoms with Gasteiger partial charge in [0.15, 0.2) is 0 Å². The molecule has 0 saturated heterocycles. The molecule has 0 amide bonds. The zero-order valence-electron chi connectivity index (χ0n) is 13.0. The van der Waals surface area contributed by atoms with Crippen LogP contribution in [-0.4, -0.2) is 29.0 Å². The van der Waals surface area contributed by atoms with Crippen LogP contribution in [0.3, 0.4) is 0 Å². The van der Waals surface area contributed by atoms with E-state index in [0.29, 0.717) is 25.2 Å². The third-order valence-corrected chi connectivity index (χ3v) is 4.23. The summed E-state index contributed by atoms with van der Waals surface area (Å²) in [5.41, 5.74) is 0.148. The van der Waals surface area contributed by atoms with Gasteiger partial charge >= 0.3 is 5.97 Å². The van der Waals surface area contributed by atoms with Gasteiger partial charge in [-0.1, -0.05) is 24.9 Å². The standard InChI is InChI=1S/C16H25NO4/c1-3-12(17-20-4-2)14-13(18)11-16(21-15(14)19)9-7-5-6-8-10-16/h18H,3-11H2,1-2H3. The Morgan fingerprint density at radius 3 is 2.48 bits per heavy atom. The van der Waals surface area contributed by atoms with Crippen LogP contribution in [-0.2, 0) is 14.4 Å². The molecule has 0 unspecified atom stereocenters. The summed E-state index contributed by atoms with van der Waals surface area (Å²) < 4.78 is 5.75. The van der Waals surface area contributed by atoms with E-state index in [2.05, 4.69) is 5.16 Å². The van der Waals surface area contributed by atoms with Crippen molar-refractivity contribution in [1.29, 1.82) is 0 Å². The van der Waals surface area contributed by atoms with E-state index < -0.39 is 11.6 Å². The average Bonchev–Trinajstić information content (AvgIpc) is 2.67. The number of hydrogen-bond donors (Lipinski definition) is 1. The summed E-state index contributed by atoms with van der Waals surface area (Å²) in [6, 6.07) is 0. The topological polar surface area (TPSA) is 68.1 Å². The lowest BCUT2D eigenvalue weighted by Gasteiger charge is -2.36. The summed E-state index contributed by atoms with van der Waals surface area (Å²) in [7, 11) is 0. The second-order valence-corrected chi connectivity index (χ2v) is 5.79. The van der Waals surface area contributed by atoms with Gasteiger partial charge in [0, 0.05) is 6.42 Å². The predicted octanol–water partition coefficient (Wildman–Crippen LogP) is 3.64. The Hall–Kier alpha value is -1.52. The van der Waals surface area contributed by atoms with Crippen LogP contribution in [0.1, 0.15) is 65.2 Å². The Balaban J connectivity index is 2.25. The van der Waals surface area contributed by atoms with Crippen molar-refractivity contribution in [3.8, 4) is 0 Å². The summed E-state index contributed by atoms with van der Waals surface area (Å²) >= 11 is 0. The van der Waals surface area contributed by atoms with Crippen molar-refractivity contribution in [2.24, 2.45) is 5.16 Å². The van der Waals surface area contributed by atoms with Crippen molar-refractivity contribution < 1.29 is 19.5 Å². The fraction of sp³-hybridized carbons (Fsp3) is 0.750. The Morgan fingerprint density at radius 2 is 1.95 bits per heavy atom. The first kappa shape index (κ1) is 15.9. The highest BCUT2D eigenvalue weighted by atomic mass is 16.6. The van der Waals surface area contributed by atoms with E-state index in [9.17, 15) is 9.90 Å². The molecule has 0 aromatic carbocycles. The molecule has 1 aliphatic heterocycles. The quantitative estimate of drug-likeness (QED) is 0.488. The number of aliphatic hydroxyl groups excluding tert-OH is 1. The van der Waals surface area contributed by atoms with E-state index >= 15 is 0 Å². The lowest BCUT2D eigenvalue weighted by Crippen LogP contribution is -2.41. The van der Waals surface area contributed by atoms with Gasteiger partial charge in [-0.05, 0) is 39.0 Å². The fourth-order valence-corrected chi connectivity index (χ4v) is 3.16. The molecule has 118 valence electrons. The Bertz CT molecular complexity index is 445. The molecule has 1 aliphatic carbocycles. The van der Waals surface area contributed by atoms with Crippen LogP contribution in [0.5, 0.6) is 0 Å². The van der Waals surface area contributed by atoms with Gasteiger partial charge < -0.3 is 14.7 Å². The Morgan fingerprint density at radius 1 is 1.29 bits per heavy atom. The number of hydrogen-bond acceptors (Lipinski definition) is 5. The zero-order chi connectivity index (χ0) is 15.3. The van der Waals surface area contributed by atoms with Gasteiger partial charge in [-0.15, -0.1) is 0 Å². The minimum atomic E-state index is -0.508. The molecule has 2 aliphatic rings. The monoisotopic (exact) mass is 295 g/mol. The molecule has 0 bridgehead atoms. The maximum Gasteiger partial charge on any atom is 0.344 e. The summed E-state index contributed by atoms with van der Waals surface area (Å²) in [5, 5.41) is 14.3. The smallest absolute Gasteiger partial charge is 0.344 e. The van der Waals surface area contributed by atoms with Crippen molar-refractivity contribution in [2.75, 3.05) is 6.61 Å². The maximum atomic E-state index is 12.4. The lowest BCUT2D eigenvalue weighted by atomic mass is 9.85. The molecule has 5 nitrogen and oxygen atoms in total. The molecule has 1 fully saturated rings. The molecular formula is C16H25NO4. The van der Waals surface area contributed by atoms with Gasteiger partial charge in [0.05, 0.1) is 5.71 Å². The van der Waals surface area contributed by atoms with E-state index in [4.69, 9.17) is 9.57 Å². The maximum absolute atomic E-state index is 12.4. The summed E-state index contributed by atoms with van der Waals surface area (Å²) in [6.07, 6.45) is 7.01. The minimum absolute atomic E-state index is 0.105. The first-order valence-electron chi connectivity index (χ1n) is 7.96. The molecule has 0 aromatic heterocycles. The number of aliphatic hydroxyl groups is 1. The van der Waals surface area contributed by atoms with Crippen LogP contribution >= 0.6 is 0 Å². The number of oxime groups is 1. The molecule has 21 heavy (non-hydrogen) atoms. The van der Waals surface area contributed by atoms with Crippen LogP contribution in [0.4, 0.5) is 0 Å². The molecule has 0 aromatic rings. The van der Waals surface area contributed by atoms with Gasteiger partial charge in [-0.2, -0.15) is 0 Å². The Labute approximate surface area is 126 Å². The first-order valence-corrected chi connectivity index (χ1v) is 7.96. The fourth-order valence-electron chi connectivity index (χ4n) is 3.16. The van der Waals surface area contributed by atoms with Crippen molar-refractivity contribution in [2.45, 2.75) is 70.8 Å². The van der Waals surface area contributed by atoms with E-state index in [1.165, 1.54) is 12.8 Å². The van der Waals surface area contributed by atoms with Crippen LogP contribution in [0.15, 0.2) is 16.5 Å². The van der Waals surface area contributed by atoms with Crippen LogP contribution in [0, 0.1) is 0 Å². The highest BCUT2D eigenvalue weighted by molar-refractivity contribution is 6.20. The molecule has 2 rings (SSSR count). The van der Waals surface area contributed by atoms with Crippen LogP contribution in [0.2, 0.25) is 0 Å². The molecule has 5 heteroatoms. The lowest BCUT2D eigenvalue weighted by molar-refractivity contribution is -0.159. The van der Waals surface area contributed by atoms with Crippen LogP contribution in [0.25, 0.3) is 0 Å². The molecular weight excluding hydrogens is 270 g/mol. The minimum Gasteiger partial charge on any atom is -0.511 e. The highest BCUT2D eigenvalue weighted by Crippen LogP contribution is 2.39. The van der Waals surface area contributed by atoms with Gasteiger partial charge in [0.1, 0.15) is 23.5 Å². The molecule has 1 spiro atoms. The van der Waals surface area contributed by atoms with Crippen molar-refractivity contribution in [1.82, 2.24) is 0 Å². The average molecular weight is 295 g/mol. The van der Waals surface area contributed by atoms with E-state index in [1.807, 2.05) is 13.8 Å². The zero-order valence-corrected chi connectivity index (χ0v) is 13.0. The normalized spacial score (nSPS) is 23.0. The number of carbonyl (C=O) groups excluding carboxylic acids is 1. The van der Waals surface area contributed by atoms with E-state index in [-0.39, 0.29) is 11.3 Å². The second-order valence-electron chi connectivity index (χ2n) is 5.79. The van der Waals surface area contributed by atoms with Crippen molar-refractivity contribution >= 4 is 11.7 Å². The summed E-state index contributed by atoms with van der Waals surface area (Å²) in [4.78, 5) is 17.4. The number of carbonyl (C=O) groups is 1. The molecule has 1 saturated carbocycles. The summed E-state index contributed by atoms with van der Waals surface area (Å²) in [5.74, 6) is -0.352. The van der Waals surface area contributed by atoms with Gasteiger partial charge in [0.2, 0.25) is 0 Å². The van der Waals surface area contributed by atoms with Gasteiger partial charge in [-0.3, -0.25) is 0 Å². The van der Waals surface area contributed by atoms with E-state index in [1.54, 1.807) is 0 Å². The molecule has 0 atom stereocenters. The number of rotatable bonds is 4. The van der Waals surface area contributed by atoms with E-state index in [0.717, 1.165) is 25.7 Å². The van der Waals surface area contributed by atoms with Gasteiger partial charge in [-0.25, -0.2) is 4.79 Å². The first-order chi connectivity index (χ1) is 10.1. The number of ether oxygens (including phenoxy) is 1. The third kappa shape index (κ3) is 3.57. The van der Waals surface area contributed by atoms with Crippen molar-refractivity contribution in [3.63, 3.8) is 0 Å². The van der Waals surface area contributed by atoms with Gasteiger partial charge in [0.25, 0.3) is 0 Å². The largest absolute Gasteiger partial charge is 0.511 e. The third-order valence-electron chi connectivity index (χ3n) is 4.23. The summed E-state index contributed by atoms with van der Waals surface area (Å²) in [6.45, 7) is 4.13.